The van der Waals surface area contributed by atoms with Gasteiger partial charge in [-0.1, -0.05) is 35.5 Å². The van der Waals surface area contributed by atoms with Crippen LogP contribution in [-0.2, 0) is 6.54 Å². The number of nitrogens with one attached hydrogen (secondary N) is 1. The average Bonchev–Trinajstić information content (AvgIpc) is 2.87. The van der Waals surface area contributed by atoms with E-state index in [9.17, 15) is 0 Å². The van der Waals surface area contributed by atoms with E-state index in [-0.39, 0.29) is 5.96 Å². The highest BCUT2D eigenvalue weighted by atomic mass is 15.4. The number of rotatable bonds is 5. The van der Waals surface area contributed by atoms with Crippen molar-refractivity contribution >= 4 is 18.3 Å². The lowest BCUT2D eigenvalue weighted by atomic mass is 10.2. The Bertz CT molecular complexity index is 621. The SMILES string of the molecule is NC(N)=N/N=C/C=C/c1c[n+](Cc2ccccc2)[nH]n1. The van der Waals surface area contributed by atoms with Gasteiger partial charge in [0.25, 0.3) is 0 Å². The predicted octanol–water partition coefficient (Wildman–Crippen LogP) is 0.0179. The van der Waals surface area contributed by atoms with Gasteiger partial charge in [-0.15, -0.1) is 5.10 Å². The third-order valence-electron chi connectivity index (χ3n) is 2.38. The maximum Gasteiger partial charge on any atom is 0.241 e. The Labute approximate surface area is 116 Å². The van der Waals surface area contributed by atoms with E-state index in [4.69, 9.17) is 11.5 Å². The monoisotopic (exact) mass is 270 g/mol. The van der Waals surface area contributed by atoms with Crippen molar-refractivity contribution in [2.45, 2.75) is 6.54 Å². The Morgan fingerprint density at radius 1 is 1.30 bits per heavy atom. The maximum absolute atomic E-state index is 5.13. The lowest BCUT2D eigenvalue weighted by Crippen LogP contribution is -2.35. The molecule has 0 radical (unpaired) electrons. The number of allylic oxidation sites excluding steroid dienone is 1. The summed E-state index contributed by atoms with van der Waals surface area (Å²) in [5.74, 6) is -0.0740. The van der Waals surface area contributed by atoms with Gasteiger partial charge in [-0.05, 0) is 17.7 Å². The van der Waals surface area contributed by atoms with Gasteiger partial charge in [-0.2, -0.15) is 9.78 Å². The molecule has 20 heavy (non-hydrogen) atoms. The molecule has 0 amide bonds. The van der Waals surface area contributed by atoms with Crippen LogP contribution in [0, 0.1) is 0 Å². The number of benzene rings is 1. The number of hydrogen-bond donors (Lipinski definition) is 3. The molecule has 0 aliphatic rings. The zero-order valence-electron chi connectivity index (χ0n) is 10.8. The van der Waals surface area contributed by atoms with E-state index in [1.165, 1.54) is 11.8 Å². The summed E-state index contributed by atoms with van der Waals surface area (Å²) in [7, 11) is 0. The van der Waals surface area contributed by atoms with Crippen LogP contribution in [0.1, 0.15) is 11.3 Å². The zero-order valence-corrected chi connectivity index (χ0v) is 10.8. The summed E-state index contributed by atoms with van der Waals surface area (Å²) in [5, 5.41) is 14.2. The first-order chi connectivity index (χ1) is 9.74. The Morgan fingerprint density at radius 3 is 2.85 bits per heavy atom. The average molecular weight is 270 g/mol. The van der Waals surface area contributed by atoms with Crippen molar-refractivity contribution in [1.29, 1.82) is 0 Å². The first kappa shape index (κ1) is 13.5. The van der Waals surface area contributed by atoms with Crippen LogP contribution in [0.15, 0.2) is 52.8 Å². The Morgan fingerprint density at radius 2 is 2.10 bits per heavy atom. The van der Waals surface area contributed by atoms with Crippen LogP contribution in [-0.4, -0.2) is 22.5 Å². The summed E-state index contributed by atoms with van der Waals surface area (Å²) < 4.78 is 1.89. The Balaban J connectivity index is 1.94. The van der Waals surface area contributed by atoms with Gasteiger partial charge >= 0.3 is 0 Å². The Hall–Kier alpha value is -2.96. The fraction of sp³-hybridized carbons (Fsp3) is 0.0769. The van der Waals surface area contributed by atoms with Crippen molar-refractivity contribution in [3.8, 4) is 0 Å². The minimum Gasteiger partial charge on any atom is -0.369 e. The highest BCUT2D eigenvalue weighted by molar-refractivity contribution is 5.79. The van der Waals surface area contributed by atoms with Gasteiger partial charge in [0.15, 0.2) is 6.20 Å². The van der Waals surface area contributed by atoms with Gasteiger partial charge in [-0.25, -0.2) is 0 Å². The van der Waals surface area contributed by atoms with Crippen LogP contribution in [0.2, 0.25) is 0 Å². The third kappa shape index (κ3) is 4.37. The number of nitrogens with two attached hydrogens (primary N) is 2. The van der Waals surface area contributed by atoms with Crippen LogP contribution >= 0.6 is 0 Å². The maximum atomic E-state index is 5.13. The first-order valence-corrected chi connectivity index (χ1v) is 6.01. The summed E-state index contributed by atoms with van der Waals surface area (Å²) in [6.45, 7) is 0.740. The van der Waals surface area contributed by atoms with Crippen LogP contribution in [0.3, 0.4) is 0 Å². The van der Waals surface area contributed by atoms with Gasteiger partial charge in [0, 0.05) is 11.3 Å². The smallest absolute Gasteiger partial charge is 0.241 e. The second kappa shape index (κ2) is 6.83. The number of aromatic amines is 1. The molecule has 1 aromatic heterocycles. The standard InChI is InChI=1S/C13H15N7/c14-13(15)18-16-8-4-7-12-10-20(19-17-12)9-11-5-2-1-3-6-11/h1-8,10H,9H2,(H4,14,15,18)/p+1/b7-4+,16-8+. The largest absolute Gasteiger partial charge is 0.369 e. The fourth-order valence-corrected chi connectivity index (χ4v) is 1.56. The first-order valence-electron chi connectivity index (χ1n) is 6.01. The number of hydrogen-bond acceptors (Lipinski definition) is 3. The number of nitrogens with zero attached hydrogens (tertiary/aromatic N) is 4. The molecule has 0 bridgehead atoms. The summed E-state index contributed by atoms with van der Waals surface area (Å²) >= 11 is 0. The molecular weight excluding hydrogens is 254 g/mol. The van der Waals surface area contributed by atoms with E-state index in [0.29, 0.717) is 0 Å². The molecule has 7 heteroatoms. The molecule has 1 heterocycles. The second-order valence-corrected chi connectivity index (χ2v) is 4.03. The molecule has 0 aliphatic carbocycles. The second-order valence-electron chi connectivity index (χ2n) is 4.03. The Kier molecular flexibility index (Phi) is 4.60. The topological polar surface area (TPSA) is 109 Å². The summed E-state index contributed by atoms with van der Waals surface area (Å²) in [6.07, 6.45) is 6.88. The predicted molar refractivity (Wildman–Crippen MR) is 77.7 cm³/mol. The van der Waals surface area contributed by atoms with Gasteiger partial charge in [0.1, 0.15) is 6.54 Å². The van der Waals surface area contributed by atoms with Crippen molar-refractivity contribution < 1.29 is 4.68 Å². The normalized spacial score (nSPS) is 11.2. The zero-order chi connectivity index (χ0) is 14.2. The third-order valence-corrected chi connectivity index (χ3v) is 2.38. The van der Waals surface area contributed by atoms with E-state index in [2.05, 4.69) is 32.6 Å². The lowest BCUT2D eigenvalue weighted by molar-refractivity contribution is -0.745. The molecule has 7 nitrogen and oxygen atoms in total. The molecule has 2 aromatic rings. The van der Waals surface area contributed by atoms with Crippen LogP contribution < -0.4 is 16.1 Å². The molecular formula is C13H16N7+. The molecule has 0 spiro atoms. The van der Waals surface area contributed by atoms with Crippen molar-refractivity contribution in [3.63, 3.8) is 0 Å². The van der Waals surface area contributed by atoms with Gasteiger partial charge in [0.2, 0.25) is 11.7 Å². The molecule has 2 rings (SSSR count). The highest BCUT2D eigenvalue weighted by Gasteiger charge is 2.05. The van der Waals surface area contributed by atoms with Crippen molar-refractivity contribution in [1.82, 2.24) is 10.3 Å². The number of aromatic nitrogens is 3. The molecule has 5 N–H and O–H groups in total. The minimum absolute atomic E-state index is 0.0740. The summed E-state index contributed by atoms with van der Waals surface area (Å²) in [5.41, 5.74) is 12.3. The molecule has 0 unspecified atom stereocenters. The highest BCUT2D eigenvalue weighted by Crippen LogP contribution is 1.97. The van der Waals surface area contributed by atoms with E-state index >= 15 is 0 Å². The molecule has 0 atom stereocenters. The molecule has 1 aromatic carbocycles. The van der Waals surface area contributed by atoms with Crippen LogP contribution in [0.4, 0.5) is 0 Å². The van der Waals surface area contributed by atoms with Crippen LogP contribution in [0.25, 0.3) is 6.08 Å². The quantitative estimate of drug-likeness (QED) is 0.308. The van der Waals surface area contributed by atoms with E-state index < -0.39 is 0 Å². The number of guanidine groups is 1. The molecule has 0 fully saturated rings. The van der Waals surface area contributed by atoms with E-state index in [0.717, 1.165) is 12.2 Å². The minimum atomic E-state index is -0.0740. The van der Waals surface area contributed by atoms with Gasteiger partial charge < -0.3 is 11.5 Å². The van der Waals surface area contributed by atoms with Crippen LogP contribution in [0.5, 0.6) is 0 Å². The molecule has 0 saturated carbocycles. The number of H-pyrrole nitrogens is 1. The summed E-state index contributed by atoms with van der Waals surface area (Å²) in [4.78, 5) is 0. The van der Waals surface area contributed by atoms with E-state index in [1.807, 2.05) is 29.1 Å². The molecule has 102 valence electrons. The summed E-state index contributed by atoms with van der Waals surface area (Å²) in [6, 6.07) is 10.1. The van der Waals surface area contributed by atoms with Crippen molar-refractivity contribution in [3.05, 3.63) is 53.9 Å². The van der Waals surface area contributed by atoms with Crippen molar-refractivity contribution in [2.24, 2.45) is 21.7 Å². The molecule has 0 saturated heterocycles. The lowest BCUT2D eigenvalue weighted by Gasteiger charge is -1.94. The van der Waals surface area contributed by atoms with Gasteiger partial charge in [-0.3, -0.25) is 0 Å². The fourth-order valence-electron chi connectivity index (χ4n) is 1.56. The van der Waals surface area contributed by atoms with Gasteiger partial charge in [0.05, 0.1) is 0 Å². The van der Waals surface area contributed by atoms with E-state index in [1.54, 1.807) is 12.2 Å². The van der Waals surface area contributed by atoms with Crippen molar-refractivity contribution in [2.75, 3.05) is 0 Å². The molecule has 0 aliphatic heterocycles.